The highest BCUT2D eigenvalue weighted by molar-refractivity contribution is 6.19. The maximum absolute atomic E-state index is 10.9. The fourth-order valence-electron chi connectivity index (χ4n) is 0.702. The van der Waals surface area contributed by atoms with Crippen LogP contribution in [0.1, 0.15) is 6.42 Å². The number of rotatable bonds is 6. The Morgan fingerprint density at radius 1 is 1.53 bits per heavy atom. The van der Waals surface area contributed by atoms with Crippen LogP contribution in [0.2, 0.25) is 0 Å². The van der Waals surface area contributed by atoms with Crippen molar-refractivity contribution in [1.29, 1.82) is 0 Å². The molecule has 0 radical (unpaired) electrons. The number of aliphatic hydroxyl groups excluding tert-OH is 1. The van der Waals surface area contributed by atoms with Gasteiger partial charge in [0.1, 0.15) is 6.61 Å². The Balaban J connectivity index is 3.70. The number of methoxy groups -OCH3 is 1. The summed E-state index contributed by atoms with van der Waals surface area (Å²) in [7, 11) is 1.21. The minimum absolute atomic E-state index is 0.205. The summed E-state index contributed by atoms with van der Waals surface area (Å²) < 4.78 is 8.93. The van der Waals surface area contributed by atoms with Gasteiger partial charge in [0.25, 0.3) is 0 Å². The average molecular weight is 237 g/mol. The summed E-state index contributed by atoms with van der Waals surface area (Å²) in [5.41, 5.74) is 0. The molecule has 0 aliphatic rings. The highest BCUT2D eigenvalue weighted by atomic mass is 35.5. The van der Waals surface area contributed by atoms with Crippen LogP contribution in [0.4, 0.5) is 0 Å². The Kier molecular flexibility index (Phi) is 7.67. The Labute approximate surface area is 92.6 Å². The van der Waals surface area contributed by atoms with E-state index in [1.54, 1.807) is 0 Å². The molecule has 0 rings (SSSR count). The number of hydrogen-bond donors (Lipinski definition) is 1. The number of esters is 2. The molecule has 0 fully saturated rings. The predicted molar refractivity (Wildman–Crippen MR) is 53.5 cm³/mol. The van der Waals surface area contributed by atoms with Crippen LogP contribution in [-0.2, 0) is 19.1 Å². The molecule has 0 saturated heterocycles. The molecule has 0 aliphatic carbocycles. The number of carbonyl (C=O) groups excluding carboxylic acids is 2. The molecular weight excluding hydrogens is 224 g/mol. The van der Waals surface area contributed by atoms with Gasteiger partial charge < -0.3 is 14.6 Å². The van der Waals surface area contributed by atoms with Crippen molar-refractivity contribution in [3.05, 3.63) is 12.2 Å². The number of ether oxygens (including phenoxy) is 2. The normalized spacial score (nSPS) is 12.5. The first-order valence-electron chi connectivity index (χ1n) is 4.24. The van der Waals surface area contributed by atoms with Gasteiger partial charge in [-0.25, -0.2) is 4.79 Å². The zero-order chi connectivity index (χ0) is 11.7. The molecule has 1 unspecified atom stereocenters. The van der Waals surface area contributed by atoms with Crippen molar-refractivity contribution in [3.63, 3.8) is 0 Å². The molecule has 6 heteroatoms. The molecule has 1 N–H and O–H groups in total. The van der Waals surface area contributed by atoms with Crippen LogP contribution in [0.15, 0.2) is 12.2 Å². The van der Waals surface area contributed by atoms with Crippen LogP contribution in [0.3, 0.4) is 0 Å². The number of hydrogen-bond acceptors (Lipinski definition) is 5. The van der Waals surface area contributed by atoms with E-state index in [9.17, 15) is 14.7 Å². The van der Waals surface area contributed by atoms with E-state index in [2.05, 4.69) is 9.47 Å². The minimum atomic E-state index is -1.05. The third kappa shape index (κ3) is 7.96. The second-order valence-electron chi connectivity index (χ2n) is 2.62. The molecular formula is C9H13ClO5. The van der Waals surface area contributed by atoms with Gasteiger partial charge in [-0.05, 0) is 0 Å². The average Bonchev–Trinajstić information content (AvgIpc) is 2.23. The molecule has 0 aromatic carbocycles. The first kappa shape index (κ1) is 13.9. The lowest BCUT2D eigenvalue weighted by Gasteiger charge is -2.08. The van der Waals surface area contributed by atoms with Crippen LogP contribution in [0.25, 0.3) is 0 Å². The molecule has 15 heavy (non-hydrogen) atoms. The molecule has 0 saturated carbocycles. The van der Waals surface area contributed by atoms with Gasteiger partial charge >= 0.3 is 11.9 Å². The quantitative estimate of drug-likeness (QED) is 0.407. The highest BCUT2D eigenvalue weighted by Gasteiger charge is 2.12. The van der Waals surface area contributed by atoms with Crippen LogP contribution in [-0.4, -0.2) is 42.7 Å². The van der Waals surface area contributed by atoms with E-state index in [1.165, 1.54) is 13.2 Å². The van der Waals surface area contributed by atoms with Crippen LogP contribution in [0.5, 0.6) is 0 Å². The van der Waals surface area contributed by atoms with Crippen molar-refractivity contribution in [1.82, 2.24) is 0 Å². The zero-order valence-electron chi connectivity index (χ0n) is 8.31. The fourth-order valence-corrected chi connectivity index (χ4v) is 0.791. The van der Waals surface area contributed by atoms with Crippen molar-refractivity contribution in [2.45, 2.75) is 12.5 Å². The van der Waals surface area contributed by atoms with Crippen molar-refractivity contribution in [3.8, 4) is 0 Å². The second kappa shape index (κ2) is 8.26. The molecule has 1 atom stereocenters. The van der Waals surface area contributed by atoms with Gasteiger partial charge in [0, 0.05) is 12.0 Å². The standard InChI is InChI=1S/C9H13ClO5/c1-14-9(13)5-7(11)6-15-8(12)3-2-4-10/h2-3,7,11H,4-6H2,1H3. The van der Waals surface area contributed by atoms with Gasteiger partial charge in [-0.3, -0.25) is 4.79 Å². The van der Waals surface area contributed by atoms with Gasteiger partial charge in [-0.1, -0.05) is 6.08 Å². The van der Waals surface area contributed by atoms with E-state index in [0.29, 0.717) is 0 Å². The Hall–Kier alpha value is -1.07. The van der Waals surface area contributed by atoms with Crippen molar-refractivity contribution in [2.75, 3.05) is 19.6 Å². The summed E-state index contributed by atoms with van der Waals surface area (Å²) >= 11 is 5.29. The Morgan fingerprint density at radius 2 is 2.20 bits per heavy atom. The van der Waals surface area contributed by atoms with E-state index >= 15 is 0 Å². The second-order valence-corrected chi connectivity index (χ2v) is 2.93. The number of allylic oxidation sites excluding steroid dienone is 1. The number of halogens is 1. The largest absolute Gasteiger partial charge is 0.469 e. The lowest BCUT2D eigenvalue weighted by molar-refractivity contribution is -0.148. The van der Waals surface area contributed by atoms with E-state index in [-0.39, 0.29) is 18.9 Å². The lowest BCUT2D eigenvalue weighted by atomic mass is 10.3. The first-order chi connectivity index (χ1) is 7.10. The molecule has 0 aliphatic heterocycles. The predicted octanol–water partition coefficient (Wildman–Crippen LogP) is 0.249. The molecule has 5 nitrogen and oxygen atoms in total. The third-order valence-electron chi connectivity index (χ3n) is 1.39. The number of carbonyl (C=O) groups is 2. The van der Waals surface area contributed by atoms with E-state index < -0.39 is 18.0 Å². The Bertz CT molecular complexity index is 239. The summed E-state index contributed by atoms with van der Waals surface area (Å²) in [6, 6.07) is 0. The van der Waals surface area contributed by atoms with Crippen LogP contribution >= 0.6 is 11.6 Å². The van der Waals surface area contributed by atoms with E-state index in [0.717, 1.165) is 6.08 Å². The van der Waals surface area contributed by atoms with Crippen molar-refractivity contribution >= 4 is 23.5 Å². The third-order valence-corrected chi connectivity index (χ3v) is 1.57. The summed E-state index contributed by atoms with van der Waals surface area (Å²) in [5, 5.41) is 9.20. The van der Waals surface area contributed by atoms with Gasteiger partial charge in [-0.15, -0.1) is 11.6 Å². The SMILES string of the molecule is COC(=O)CC(O)COC(=O)C=CCCl. The molecule has 0 aromatic rings. The first-order valence-corrected chi connectivity index (χ1v) is 4.77. The molecule has 0 spiro atoms. The maximum atomic E-state index is 10.9. The van der Waals surface area contributed by atoms with Gasteiger partial charge in [-0.2, -0.15) is 0 Å². The van der Waals surface area contributed by atoms with Crippen LogP contribution in [0, 0.1) is 0 Å². The highest BCUT2D eigenvalue weighted by Crippen LogP contribution is 1.96. The topological polar surface area (TPSA) is 72.8 Å². The molecule has 0 bridgehead atoms. The summed E-state index contributed by atoms with van der Waals surface area (Å²) in [6.45, 7) is -0.249. The molecule has 0 heterocycles. The molecule has 86 valence electrons. The fraction of sp³-hybridized carbons (Fsp3) is 0.556. The van der Waals surface area contributed by atoms with Gasteiger partial charge in [0.05, 0.1) is 19.6 Å². The van der Waals surface area contributed by atoms with Crippen molar-refractivity contribution in [2.24, 2.45) is 0 Å². The number of aliphatic hydroxyl groups is 1. The van der Waals surface area contributed by atoms with Gasteiger partial charge in [0.2, 0.25) is 0 Å². The summed E-state index contributed by atoms with van der Waals surface area (Å²) in [6.07, 6.45) is 1.31. The minimum Gasteiger partial charge on any atom is -0.469 e. The summed E-state index contributed by atoms with van der Waals surface area (Å²) in [4.78, 5) is 21.6. The van der Waals surface area contributed by atoms with E-state index in [4.69, 9.17) is 11.6 Å². The molecule has 0 aromatic heterocycles. The summed E-state index contributed by atoms with van der Waals surface area (Å²) in [5.74, 6) is -0.964. The molecule has 0 amide bonds. The zero-order valence-corrected chi connectivity index (χ0v) is 9.07. The lowest BCUT2D eigenvalue weighted by Crippen LogP contribution is -2.21. The van der Waals surface area contributed by atoms with E-state index in [1.807, 2.05) is 0 Å². The van der Waals surface area contributed by atoms with Gasteiger partial charge in [0.15, 0.2) is 0 Å². The smallest absolute Gasteiger partial charge is 0.330 e. The Morgan fingerprint density at radius 3 is 2.73 bits per heavy atom. The number of alkyl halides is 1. The van der Waals surface area contributed by atoms with Crippen molar-refractivity contribution < 1.29 is 24.2 Å². The monoisotopic (exact) mass is 236 g/mol. The maximum Gasteiger partial charge on any atom is 0.330 e. The van der Waals surface area contributed by atoms with Crippen LogP contribution < -0.4 is 0 Å².